The molecule has 1 amide bonds. The lowest BCUT2D eigenvalue weighted by atomic mass is 10.2. The highest BCUT2D eigenvalue weighted by Crippen LogP contribution is 2.27. The Balaban J connectivity index is 1.65. The smallest absolute Gasteiger partial charge is 0.338 e. The molecular weight excluding hydrogens is 388 g/mol. The minimum absolute atomic E-state index is 0.264. The van der Waals surface area contributed by atoms with E-state index in [0.717, 1.165) is 17.8 Å². The molecule has 0 saturated heterocycles. The summed E-state index contributed by atoms with van der Waals surface area (Å²) in [6, 6.07) is 11.8. The minimum atomic E-state index is -0.361. The summed E-state index contributed by atoms with van der Waals surface area (Å²) in [7, 11) is 0. The van der Waals surface area contributed by atoms with Gasteiger partial charge in [-0.15, -0.1) is 0 Å². The molecule has 0 saturated carbocycles. The maximum Gasteiger partial charge on any atom is 0.338 e. The minimum Gasteiger partial charge on any atom is -0.461 e. The third-order valence-corrected chi connectivity index (χ3v) is 5.49. The SMILES string of the molecule is CCN(CC)CCOC(=O)c1ccc2nc(NC(=O)c3ccc(N)cc3)sc2c1. The number of nitrogen functional groups attached to an aromatic ring is 1. The van der Waals surface area contributed by atoms with Crippen molar-refractivity contribution in [1.29, 1.82) is 0 Å². The van der Waals surface area contributed by atoms with E-state index < -0.39 is 0 Å². The number of nitrogens with one attached hydrogen (secondary N) is 1. The molecule has 1 heterocycles. The van der Waals surface area contributed by atoms with Crippen LogP contribution in [-0.4, -0.2) is 48.0 Å². The first kappa shape index (κ1) is 20.8. The fourth-order valence-electron chi connectivity index (χ4n) is 2.80. The summed E-state index contributed by atoms with van der Waals surface area (Å²) >= 11 is 1.31. The van der Waals surface area contributed by atoms with Crippen molar-refractivity contribution in [2.45, 2.75) is 13.8 Å². The van der Waals surface area contributed by atoms with E-state index in [2.05, 4.69) is 29.0 Å². The second-order valence-corrected chi connectivity index (χ2v) is 7.47. The van der Waals surface area contributed by atoms with Gasteiger partial charge in [-0.2, -0.15) is 0 Å². The molecule has 0 radical (unpaired) electrons. The van der Waals surface area contributed by atoms with E-state index in [1.165, 1.54) is 11.3 Å². The maximum atomic E-state index is 12.3. The summed E-state index contributed by atoms with van der Waals surface area (Å²) in [6.45, 7) is 7.06. The van der Waals surface area contributed by atoms with Crippen LogP contribution in [0.3, 0.4) is 0 Å². The number of carbonyl (C=O) groups is 2. The van der Waals surface area contributed by atoms with Crippen molar-refractivity contribution >= 4 is 44.2 Å². The molecule has 0 spiro atoms. The van der Waals surface area contributed by atoms with Gasteiger partial charge in [0.05, 0.1) is 15.8 Å². The molecule has 0 unspecified atom stereocenters. The van der Waals surface area contributed by atoms with Gasteiger partial charge in [0, 0.05) is 17.8 Å². The highest BCUT2D eigenvalue weighted by molar-refractivity contribution is 7.22. The van der Waals surface area contributed by atoms with Crippen LogP contribution in [0.15, 0.2) is 42.5 Å². The predicted octanol–water partition coefficient (Wildman–Crippen LogP) is 3.63. The van der Waals surface area contributed by atoms with E-state index in [9.17, 15) is 9.59 Å². The van der Waals surface area contributed by atoms with Crippen molar-refractivity contribution in [3.8, 4) is 0 Å². The highest BCUT2D eigenvalue weighted by Gasteiger charge is 2.13. The second-order valence-electron chi connectivity index (χ2n) is 6.44. The van der Waals surface area contributed by atoms with Crippen LogP contribution >= 0.6 is 11.3 Å². The second kappa shape index (κ2) is 9.49. The molecule has 0 aliphatic carbocycles. The van der Waals surface area contributed by atoms with Crippen molar-refractivity contribution < 1.29 is 14.3 Å². The predicted molar refractivity (Wildman–Crippen MR) is 116 cm³/mol. The summed E-state index contributed by atoms with van der Waals surface area (Å²) < 4.78 is 6.18. The third kappa shape index (κ3) is 5.30. The van der Waals surface area contributed by atoms with Crippen molar-refractivity contribution in [3.05, 3.63) is 53.6 Å². The van der Waals surface area contributed by atoms with Crippen molar-refractivity contribution in [1.82, 2.24) is 9.88 Å². The number of aromatic nitrogens is 1. The lowest BCUT2D eigenvalue weighted by Gasteiger charge is -2.17. The number of nitrogens with zero attached hydrogens (tertiary/aromatic N) is 2. The summed E-state index contributed by atoms with van der Waals surface area (Å²) in [5, 5.41) is 3.25. The number of likely N-dealkylation sites (N-methyl/N-ethyl adjacent to an activating group) is 1. The summed E-state index contributed by atoms with van der Waals surface area (Å²) in [5.74, 6) is -0.625. The van der Waals surface area contributed by atoms with Gasteiger partial charge in [0.2, 0.25) is 0 Å². The number of hydrogen-bond donors (Lipinski definition) is 2. The van der Waals surface area contributed by atoms with Crippen molar-refractivity contribution in [2.24, 2.45) is 0 Å². The maximum absolute atomic E-state index is 12.3. The number of amides is 1. The van der Waals surface area contributed by atoms with Gasteiger partial charge in [-0.25, -0.2) is 9.78 Å². The van der Waals surface area contributed by atoms with E-state index in [0.29, 0.717) is 40.6 Å². The lowest BCUT2D eigenvalue weighted by Crippen LogP contribution is -2.27. The number of nitrogens with two attached hydrogens (primary N) is 1. The largest absolute Gasteiger partial charge is 0.461 e. The van der Waals surface area contributed by atoms with Crippen LogP contribution in [0.2, 0.25) is 0 Å². The Morgan fingerprint density at radius 1 is 1.10 bits per heavy atom. The van der Waals surface area contributed by atoms with E-state index in [-0.39, 0.29) is 11.9 Å². The molecule has 3 rings (SSSR count). The molecule has 1 aromatic heterocycles. The van der Waals surface area contributed by atoms with E-state index >= 15 is 0 Å². The Hall–Kier alpha value is -2.97. The molecule has 3 N–H and O–H groups in total. The number of ether oxygens (including phenoxy) is 1. The van der Waals surface area contributed by atoms with Gasteiger partial charge in [-0.1, -0.05) is 25.2 Å². The zero-order valence-electron chi connectivity index (χ0n) is 16.5. The number of thiazole rings is 1. The Morgan fingerprint density at radius 3 is 2.48 bits per heavy atom. The van der Waals surface area contributed by atoms with Crippen LogP contribution in [0.1, 0.15) is 34.6 Å². The Labute approximate surface area is 173 Å². The number of rotatable bonds is 8. The Kier molecular flexibility index (Phi) is 6.79. The van der Waals surface area contributed by atoms with Crippen LogP contribution < -0.4 is 11.1 Å². The van der Waals surface area contributed by atoms with Gasteiger partial charge in [0.1, 0.15) is 6.61 Å². The van der Waals surface area contributed by atoms with E-state index in [1.54, 1.807) is 42.5 Å². The molecular formula is C21H24N4O3S. The molecule has 0 fully saturated rings. The Bertz CT molecular complexity index is 997. The van der Waals surface area contributed by atoms with Crippen molar-refractivity contribution in [3.63, 3.8) is 0 Å². The average Bonchev–Trinajstić information content (AvgIpc) is 3.12. The summed E-state index contributed by atoms with van der Waals surface area (Å²) in [5.41, 5.74) is 7.92. The van der Waals surface area contributed by atoms with Gasteiger partial charge < -0.3 is 15.4 Å². The van der Waals surface area contributed by atoms with Gasteiger partial charge >= 0.3 is 5.97 Å². The lowest BCUT2D eigenvalue weighted by molar-refractivity contribution is 0.0466. The van der Waals surface area contributed by atoms with Crippen LogP contribution in [0.4, 0.5) is 10.8 Å². The summed E-state index contributed by atoms with van der Waals surface area (Å²) in [4.78, 5) is 31.2. The number of carbonyl (C=O) groups excluding carboxylic acids is 2. The number of anilines is 2. The number of hydrogen-bond acceptors (Lipinski definition) is 7. The monoisotopic (exact) mass is 412 g/mol. The van der Waals surface area contributed by atoms with E-state index in [1.807, 2.05) is 0 Å². The molecule has 0 aliphatic rings. The normalized spacial score (nSPS) is 11.0. The van der Waals surface area contributed by atoms with Crippen LogP contribution in [0, 0.1) is 0 Å². The van der Waals surface area contributed by atoms with Gasteiger partial charge in [-0.05, 0) is 55.6 Å². The van der Waals surface area contributed by atoms with E-state index in [4.69, 9.17) is 10.5 Å². The number of fused-ring (bicyclic) bond motifs is 1. The molecule has 152 valence electrons. The van der Waals surface area contributed by atoms with Crippen LogP contribution in [0.5, 0.6) is 0 Å². The number of benzene rings is 2. The molecule has 2 aromatic carbocycles. The summed E-state index contributed by atoms with van der Waals surface area (Å²) in [6.07, 6.45) is 0. The molecule has 0 aliphatic heterocycles. The van der Waals surface area contributed by atoms with Gasteiger partial charge in [-0.3, -0.25) is 10.1 Å². The first-order valence-corrected chi connectivity index (χ1v) is 10.3. The van der Waals surface area contributed by atoms with Crippen LogP contribution in [-0.2, 0) is 4.74 Å². The van der Waals surface area contributed by atoms with Gasteiger partial charge in [0.25, 0.3) is 5.91 Å². The highest BCUT2D eigenvalue weighted by atomic mass is 32.1. The number of esters is 1. The molecule has 3 aromatic rings. The molecule has 7 nitrogen and oxygen atoms in total. The molecule has 29 heavy (non-hydrogen) atoms. The standard InChI is InChI=1S/C21H24N4O3S/c1-3-25(4-2)11-12-28-20(27)15-7-10-17-18(13-15)29-21(23-17)24-19(26)14-5-8-16(22)9-6-14/h5-10,13H,3-4,11-12,22H2,1-2H3,(H,23,24,26). The van der Waals surface area contributed by atoms with Gasteiger partial charge in [0.15, 0.2) is 5.13 Å². The van der Waals surface area contributed by atoms with Crippen molar-refractivity contribution in [2.75, 3.05) is 37.3 Å². The molecule has 0 atom stereocenters. The zero-order valence-corrected chi connectivity index (χ0v) is 17.3. The quantitative estimate of drug-likeness (QED) is 0.433. The Morgan fingerprint density at radius 2 is 1.79 bits per heavy atom. The molecule has 8 heteroatoms. The van der Waals surface area contributed by atoms with Crippen LogP contribution in [0.25, 0.3) is 10.2 Å². The fourth-order valence-corrected chi connectivity index (χ4v) is 3.70. The fraction of sp³-hybridized carbons (Fsp3) is 0.286. The topological polar surface area (TPSA) is 97.5 Å². The first-order valence-electron chi connectivity index (χ1n) is 9.47. The first-order chi connectivity index (χ1) is 14.0. The molecule has 0 bridgehead atoms. The average molecular weight is 413 g/mol. The zero-order chi connectivity index (χ0) is 20.8. The third-order valence-electron chi connectivity index (χ3n) is 4.55.